The summed E-state index contributed by atoms with van der Waals surface area (Å²) in [6.07, 6.45) is 0. The van der Waals surface area contributed by atoms with Gasteiger partial charge in [-0.1, -0.05) is 42.5 Å². The molecule has 0 aromatic heterocycles. The molecule has 0 atom stereocenters. The third-order valence-corrected chi connectivity index (χ3v) is 3.55. The first-order valence-corrected chi connectivity index (χ1v) is 7.65. The Morgan fingerprint density at radius 2 is 1.14 bits per heavy atom. The van der Waals surface area contributed by atoms with Gasteiger partial charge in [-0.15, -0.1) is 0 Å². The minimum Gasteiger partial charge on any atom is -0.362 e. The fourth-order valence-corrected chi connectivity index (χ4v) is 3.24. The number of hydrogen-bond donors (Lipinski definition) is 0. The van der Waals surface area contributed by atoms with Crippen molar-refractivity contribution >= 4 is 5.69 Å². The first kappa shape index (κ1) is 15.6. The van der Waals surface area contributed by atoms with Crippen molar-refractivity contribution in [2.45, 2.75) is 52.6 Å². The van der Waals surface area contributed by atoms with E-state index < -0.39 is 0 Å². The fraction of sp³-hybridized carbons (Fsp3) is 0.400. The van der Waals surface area contributed by atoms with Crippen molar-refractivity contribution in [3.05, 3.63) is 54.6 Å². The molecule has 0 saturated heterocycles. The molecule has 0 aliphatic heterocycles. The Morgan fingerprint density at radius 3 is 1.67 bits per heavy atom. The van der Waals surface area contributed by atoms with Gasteiger partial charge in [0.05, 0.1) is 0 Å². The van der Waals surface area contributed by atoms with Crippen LogP contribution in [0.25, 0.3) is 11.1 Å². The fourth-order valence-electron chi connectivity index (χ4n) is 3.24. The van der Waals surface area contributed by atoms with Crippen LogP contribution in [0.5, 0.6) is 0 Å². The smallest absolute Gasteiger partial charge is 0.0381 e. The van der Waals surface area contributed by atoms with Gasteiger partial charge in [-0.25, -0.2) is 0 Å². The monoisotopic (exact) mass is 281 g/mol. The van der Waals surface area contributed by atoms with E-state index in [0.29, 0.717) is 0 Å². The zero-order valence-corrected chi connectivity index (χ0v) is 14.1. The maximum Gasteiger partial charge on any atom is 0.0381 e. The second-order valence-corrected chi connectivity index (χ2v) is 7.59. The van der Waals surface area contributed by atoms with Crippen molar-refractivity contribution < 1.29 is 0 Å². The molecule has 2 rings (SSSR count). The third-order valence-electron chi connectivity index (χ3n) is 3.55. The molecular formula is C20H27N. The standard InChI is InChI=1S/C20H27N/c1-19(2,3)21(20(4,5)6)18-14-10-13-17(15-18)16-11-8-7-9-12-16/h7-15H,1-6H3. The van der Waals surface area contributed by atoms with Gasteiger partial charge in [0.25, 0.3) is 0 Å². The predicted molar refractivity (Wildman–Crippen MR) is 93.9 cm³/mol. The number of benzene rings is 2. The molecule has 0 heterocycles. The van der Waals surface area contributed by atoms with Crippen LogP contribution >= 0.6 is 0 Å². The highest BCUT2D eigenvalue weighted by atomic mass is 15.2. The lowest BCUT2D eigenvalue weighted by Crippen LogP contribution is -2.53. The number of rotatable bonds is 2. The van der Waals surface area contributed by atoms with E-state index in [2.05, 4.69) is 101 Å². The van der Waals surface area contributed by atoms with E-state index in [1.807, 2.05) is 0 Å². The van der Waals surface area contributed by atoms with E-state index in [-0.39, 0.29) is 11.1 Å². The Kier molecular flexibility index (Phi) is 4.13. The summed E-state index contributed by atoms with van der Waals surface area (Å²) in [4.78, 5) is 2.49. The van der Waals surface area contributed by atoms with Gasteiger partial charge in [0, 0.05) is 16.8 Å². The topological polar surface area (TPSA) is 3.24 Å². The molecule has 0 spiro atoms. The summed E-state index contributed by atoms with van der Waals surface area (Å²) < 4.78 is 0. The number of hydrogen-bond acceptors (Lipinski definition) is 1. The minimum absolute atomic E-state index is 0.0769. The zero-order valence-electron chi connectivity index (χ0n) is 14.1. The Balaban J connectivity index is 2.49. The molecule has 0 N–H and O–H groups in total. The molecule has 0 fully saturated rings. The summed E-state index contributed by atoms with van der Waals surface area (Å²) in [5.74, 6) is 0. The van der Waals surface area contributed by atoms with Crippen LogP contribution in [0, 0.1) is 0 Å². The second kappa shape index (κ2) is 5.55. The molecule has 0 amide bonds. The molecule has 1 heteroatoms. The largest absolute Gasteiger partial charge is 0.362 e. The van der Waals surface area contributed by atoms with E-state index in [0.717, 1.165) is 0 Å². The number of nitrogens with zero attached hydrogens (tertiary/aromatic N) is 1. The predicted octanol–water partition coefficient (Wildman–Crippen LogP) is 5.76. The average Bonchev–Trinajstić information content (AvgIpc) is 2.37. The molecule has 0 saturated carbocycles. The lowest BCUT2D eigenvalue weighted by Gasteiger charge is -2.47. The minimum atomic E-state index is 0.0769. The van der Waals surface area contributed by atoms with Gasteiger partial charge in [0.1, 0.15) is 0 Å². The van der Waals surface area contributed by atoms with Crippen molar-refractivity contribution in [1.82, 2.24) is 0 Å². The molecule has 0 aliphatic carbocycles. The van der Waals surface area contributed by atoms with Crippen molar-refractivity contribution in [1.29, 1.82) is 0 Å². The van der Waals surface area contributed by atoms with Gasteiger partial charge in [-0.05, 0) is 64.8 Å². The van der Waals surface area contributed by atoms with Crippen LogP contribution in [0.15, 0.2) is 54.6 Å². The third kappa shape index (κ3) is 3.66. The van der Waals surface area contributed by atoms with E-state index in [1.54, 1.807) is 0 Å². The van der Waals surface area contributed by atoms with Gasteiger partial charge in [-0.3, -0.25) is 0 Å². The van der Waals surface area contributed by atoms with E-state index in [1.165, 1.54) is 16.8 Å². The lowest BCUT2D eigenvalue weighted by molar-refractivity contribution is 0.381. The van der Waals surface area contributed by atoms with Crippen LogP contribution in [-0.2, 0) is 0 Å². The van der Waals surface area contributed by atoms with Crippen molar-refractivity contribution in [3.8, 4) is 11.1 Å². The van der Waals surface area contributed by atoms with E-state index >= 15 is 0 Å². The molecule has 2 aromatic rings. The highest BCUT2D eigenvalue weighted by Crippen LogP contribution is 2.34. The molecule has 21 heavy (non-hydrogen) atoms. The summed E-state index contributed by atoms with van der Waals surface area (Å²) >= 11 is 0. The Labute approximate surface area is 129 Å². The molecule has 0 bridgehead atoms. The molecular weight excluding hydrogens is 254 g/mol. The average molecular weight is 281 g/mol. The van der Waals surface area contributed by atoms with Gasteiger partial charge in [0.2, 0.25) is 0 Å². The van der Waals surface area contributed by atoms with E-state index in [9.17, 15) is 0 Å². The first-order chi connectivity index (χ1) is 9.69. The highest BCUT2D eigenvalue weighted by molar-refractivity contribution is 5.69. The molecule has 112 valence electrons. The van der Waals surface area contributed by atoms with Crippen LogP contribution in [0.3, 0.4) is 0 Å². The van der Waals surface area contributed by atoms with Crippen molar-refractivity contribution in [2.24, 2.45) is 0 Å². The summed E-state index contributed by atoms with van der Waals surface area (Å²) in [6.45, 7) is 13.6. The Morgan fingerprint density at radius 1 is 0.619 bits per heavy atom. The zero-order chi connectivity index (χ0) is 15.7. The van der Waals surface area contributed by atoms with Crippen molar-refractivity contribution in [2.75, 3.05) is 4.90 Å². The molecule has 1 nitrogen and oxygen atoms in total. The maximum absolute atomic E-state index is 2.49. The summed E-state index contributed by atoms with van der Waals surface area (Å²) in [7, 11) is 0. The lowest BCUT2D eigenvalue weighted by atomic mass is 9.94. The van der Waals surface area contributed by atoms with Crippen LogP contribution < -0.4 is 4.90 Å². The Bertz CT molecular complexity index is 571. The molecule has 0 aliphatic rings. The normalized spacial score (nSPS) is 12.3. The van der Waals surface area contributed by atoms with E-state index in [4.69, 9.17) is 0 Å². The Hall–Kier alpha value is -1.76. The molecule has 0 unspecified atom stereocenters. The van der Waals surface area contributed by atoms with Gasteiger partial charge in [-0.2, -0.15) is 0 Å². The van der Waals surface area contributed by atoms with Crippen molar-refractivity contribution in [3.63, 3.8) is 0 Å². The van der Waals surface area contributed by atoms with Gasteiger partial charge >= 0.3 is 0 Å². The summed E-state index contributed by atoms with van der Waals surface area (Å²) in [6, 6.07) is 19.4. The summed E-state index contributed by atoms with van der Waals surface area (Å²) in [5.41, 5.74) is 3.96. The quantitative estimate of drug-likeness (QED) is 0.676. The van der Waals surface area contributed by atoms with Crippen LogP contribution in [0.1, 0.15) is 41.5 Å². The maximum atomic E-state index is 2.49. The first-order valence-electron chi connectivity index (χ1n) is 7.65. The van der Waals surface area contributed by atoms with Gasteiger partial charge < -0.3 is 4.90 Å². The summed E-state index contributed by atoms with van der Waals surface area (Å²) in [5, 5.41) is 0. The SMILES string of the molecule is CC(C)(C)N(c1cccc(-c2ccccc2)c1)C(C)(C)C. The van der Waals surface area contributed by atoms with Crippen LogP contribution in [0.2, 0.25) is 0 Å². The van der Waals surface area contributed by atoms with Crippen LogP contribution in [-0.4, -0.2) is 11.1 Å². The second-order valence-electron chi connectivity index (χ2n) is 7.59. The van der Waals surface area contributed by atoms with Crippen LogP contribution in [0.4, 0.5) is 5.69 Å². The molecule has 0 radical (unpaired) electrons. The highest BCUT2D eigenvalue weighted by Gasteiger charge is 2.31. The number of anilines is 1. The van der Waals surface area contributed by atoms with Gasteiger partial charge in [0.15, 0.2) is 0 Å². The molecule has 2 aromatic carbocycles.